The molecule has 0 saturated carbocycles. The second-order valence-corrected chi connectivity index (χ2v) is 3.71. The molecule has 0 radical (unpaired) electrons. The van der Waals surface area contributed by atoms with Crippen molar-refractivity contribution >= 4 is 0 Å². The summed E-state index contributed by atoms with van der Waals surface area (Å²) in [4.78, 5) is 2.51. The number of hydrogen-bond donors (Lipinski definition) is 0. The standard InChI is InChI=1S/C11H19N.C2H6/c1-4-11-7-5-6-8-12(9-11)10(2)3;1-2/h4-5,7,10-11H,1,6,8-9H2,2-3H3;1-2H3. The molecule has 0 spiro atoms. The van der Waals surface area contributed by atoms with E-state index in [0.29, 0.717) is 12.0 Å². The summed E-state index contributed by atoms with van der Waals surface area (Å²) >= 11 is 0. The van der Waals surface area contributed by atoms with Crippen LogP contribution in [0.4, 0.5) is 0 Å². The molecule has 0 aromatic heterocycles. The summed E-state index contributed by atoms with van der Waals surface area (Å²) in [6, 6.07) is 0.660. The summed E-state index contributed by atoms with van der Waals surface area (Å²) in [7, 11) is 0. The van der Waals surface area contributed by atoms with Crippen LogP contribution in [0.2, 0.25) is 0 Å². The second-order valence-electron chi connectivity index (χ2n) is 3.71. The maximum Gasteiger partial charge on any atom is 0.00819 e. The highest BCUT2D eigenvalue weighted by atomic mass is 15.1. The third kappa shape index (κ3) is 4.61. The molecule has 1 rings (SSSR count). The van der Waals surface area contributed by atoms with Crippen molar-refractivity contribution in [3.8, 4) is 0 Å². The summed E-state index contributed by atoms with van der Waals surface area (Å²) in [6.07, 6.45) is 7.77. The maximum absolute atomic E-state index is 3.84. The van der Waals surface area contributed by atoms with Gasteiger partial charge >= 0.3 is 0 Å². The summed E-state index contributed by atoms with van der Waals surface area (Å²) in [5.41, 5.74) is 0. The number of rotatable bonds is 2. The summed E-state index contributed by atoms with van der Waals surface area (Å²) < 4.78 is 0. The minimum Gasteiger partial charge on any atom is -0.300 e. The molecule has 1 aliphatic rings. The van der Waals surface area contributed by atoms with Crippen LogP contribution in [-0.4, -0.2) is 24.0 Å². The fourth-order valence-corrected chi connectivity index (χ4v) is 1.56. The third-order valence-electron chi connectivity index (χ3n) is 2.44. The van der Waals surface area contributed by atoms with Gasteiger partial charge in [0, 0.05) is 25.0 Å². The van der Waals surface area contributed by atoms with Gasteiger partial charge in [-0.1, -0.05) is 32.1 Å². The SMILES string of the molecule is C=CC1C=CCCN(C(C)C)C1.CC. The molecule has 14 heavy (non-hydrogen) atoms. The van der Waals surface area contributed by atoms with Crippen molar-refractivity contribution in [1.29, 1.82) is 0 Å². The van der Waals surface area contributed by atoms with Crippen LogP contribution in [0.3, 0.4) is 0 Å². The molecule has 0 saturated heterocycles. The van der Waals surface area contributed by atoms with E-state index >= 15 is 0 Å². The first kappa shape index (κ1) is 13.4. The summed E-state index contributed by atoms with van der Waals surface area (Å²) in [5.74, 6) is 0.551. The van der Waals surface area contributed by atoms with Gasteiger partial charge in [0.25, 0.3) is 0 Å². The van der Waals surface area contributed by atoms with Gasteiger partial charge < -0.3 is 0 Å². The van der Waals surface area contributed by atoms with E-state index in [-0.39, 0.29) is 0 Å². The molecule has 1 heteroatoms. The average molecular weight is 195 g/mol. The topological polar surface area (TPSA) is 3.24 Å². The molecule has 1 aliphatic heterocycles. The molecule has 0 fully saturated rings. The molecular formula is C13H25N. The lowest BCUT2D eigenvalue weighted by Crippen LogP contribution is -2.34. The van der Waals surface area contributed by atoms with E-state index < -0.39 is 0 Å². The zero-order chi connectivity index (χ0) is 11.0. The van der Waals surface area contributed by atoms with Gasteiger partial charge in [-0.3, -0.25) is 4.90 Å². The smallest absolute Gasteiger partial charge is 0.00819 e. The van der Waals surface area contributed by atoms with Gasteiger partial charge in [0.15, 0.2) is 0 Å². The Morgan fingerprint density at radius 3 is 2.57 bits per heavy atom. The van der Waals surface area contributed by atoms with E-state index in [2.05, 4.69) is 37.5 Å². The Morgan fingerprint density at radius 1 is 1.43 bits per heavy atom. The quantitative estimate of drug-likeness (QED) is 0.610. The van der Waals surface area contributed by atoms with Crippen LogP contribution >= 0.6 is 0 Å². The van der Waals surface area contributed by atoms with Crippen LogP contribution in [0.25, 0.3) is 0 Å². The molecule has 0 N–H and O–H groups in total. The average Bonchev–Trinajstić information content (AvgIpc) is 2.45. The van der Waals surface area contributed by atoms with Gasteiger partial charge in [-0.2, -0.15) is 0 Å². The van der Waals surface area contributed by atoms with Gasteiger partial charge in [-0.25, -0.2) is 0 Å². The predicted octanol–water partition coefficient (Wildman–Crippen LogP) is 3.49. The molecule has 0 aromatic rings. The minimum absolute atomic E-state index is 0.551. The van der Waals surface area contributed by atoms with E-state index in [1.165, 1.54) is 13.0 Å². The van der Waals surface area contributed by atoms with Crippen molar-refractivity contribution in [3.05, 3.63) is 24.8 Å². The Morgan fingerprint density at radius 2 is 2.07 bits per heavy atom. The van der Waals surface area contributed by atoms with Crippen molar-refractivity contribution in [1.82, 2.24) is 4.90 Å². The van der Waals surface area contributed by atoms with Crippen LogP contribution in [0.1, 0.15) is 34.1 Å². The highest BCUT2D eigenvalue weighted by molar-refractivity contribution is 5.01. The van der Waals surface area contributed by atoms with Gasteiger partial charge in [0.05, 0.1) is 0 Å². The fourth-order valence-electron chi connectivity index (χ4n) is 1.56. The predicted molar refractivity (Wildman–Crippen MR) is 65.5 cm³/mol. The maximum atomic E-state index is 3.84. The van der Waals surface area contributed by atoms with Gasteiger partial charge in [-0.15, -0.1) is 6.58 Å². The van der Waals surface area contributed by atoms with Crippen molar-refractivity contribution in [2.24, 2.45) is 5.92 Å². The monoisotopic (exact) mass is 195 g/mol. The Labute approximate surface area is 89.5 Å². The van der Waals surface area contributed by atoms with Crippen LogP contribution in [0.5, 0.6) is 0 Å². The molecule has 1 unspecified atom stereocenters. The van der Waals surface area contributed by atoms with Crippen LogP contribution < -0.4 is 0 Å². The summed E-state index contributed by atoms with van der Waals surface area (Å²) in [6.45, 7) is 14.7. The molecular weight excluding hydrogens is 170 g/mol. The Hall–Kier alpha value is -0.560. The van der Waals surface area contributed by atoms with Gasteiger partial charge in [-0.05, 0) is 20.3 Å². The van der Waals surface area contributed by atoms with Crippen molar-refractivity contribution in [2.45, 2.75) is 40.2 Å². The first-order valence-corrected chi connectivity index (χ1v) is 5.77. The molecule has 0 aliphatic carbocycles. The number of nitrogens with zero attached hydrogens (tertiary/aromatic N) is 1. The fraction of sp³-hybridized carbons (Fsp3) is 0.692. The summed E-state index contributed by atoms with van der Waals surface area (Å²) in [5, 5.41) is 0. The van der Waals surface area contributed by atoms with E-state index in [4.69, 9.17) is 0 Å². The number of hydrogen-bond acceptors (Lipinski definition) is 1. The Kier molecular flexibility index (Phi) is 7.50. The largest absolute Gasteiger partial charge is 0.300 e. The zero-order valence-corrected chi connectivity index (χ0v) is 10.2. The lowest BCUT2D eigenvalue weighted by Gasteiger charge is -2.26. The van der Waals surface area contributed by atoms with Gasteiger partial charge in [0.2, 0.25) is 0 Å². The zero-order valence-electron chi connectivity index (χ0n) is 10.2. The van der Waals surface area contributed by atoms with Gasteiger partial charge in [0.1, 0.15) is 0 Å². The van der Waals surface area contributed by atoms with E-state index in [0.717, 1.165) is 6.54 Å². The van der Waals surface area contributed by atoms with Crippen LogP contribution in [-0.2, 0) is 0 Å². The highest BCUT2D eigenvalue weighted by Gasteiger charge is 2.13. The molecule has 82 valence electrons. The van der Waals surface area contributed by atoms with Crippen molar-refractivity contribution < 1.29 is 0 Å². The van der Waals surface area contributed by atoms with E-state index in [1.807, 2.05) is 19.9 Å². The Bertz CT molecular complexity index is 170. The highest BCUT2D eigenvalue weighted by Crippen LogP contribution is 2.12. The first-order valence-electron chi connectivity index (χ1n) is 5.77. The van der Waals surface area contributed by atoms with E-state index in [1.54, 1.807) is 0 Å². The molecule has 1 nitrogen and oxygen atoms in total. The first-order chi connectivity index (χ1) is 6.74. The normalized spacial score (nSPS) is 22.5. The Balaban J connectivity index is 0.000000791. The molecule has 1 atom stereocenters. The van der Waals surface area contributed by atoms with E-state index in [9.17, 15) is 0 Å². The third-order valence-corrected chi connectivity index (χ3v) is 2.44. The molecule has 1 heterocycles. The molecule has 0 bridgehead atoms. The second kappa shape index (κ2) is 7.81. The molecule has 0 amide bonds. The lowest BCUT2D eigenvalue weighted by molar-refractivity contribution is 0.220. The van der Waals surface area contributed by atoms with Crippen molar-refractivity contribution in [2.75, 3.05) is 13.1 Å². The lowest BCUT2D eigenvalue weighted by atomic mass is 10.1. The van der Waals surface area contributed by atoms with Crippen molar-refractivity contribution in [3.63, 3.8) is 0 Å². The molecule has 0 aromatic carbocycles. The minimum atomic E-state index is 0.551. The van der Waals surface area contributed by atoms with Crippen LogP contribution in [0.15, 0.2) is 24.8 Å². The van der Waals surface area contributed by atoms with Crippen LogP contribution in [0, 0.1) is 5.92 Å².